The number of nitrogens with zero attached hydrogens (tertiary/aromatic N) is 2. The molecule has 1 aromatic carbocycles. The Kier molecular flexibility index (Phi) is 4.03. The Hall–Kier alpha value is -1.05. The van der Waals surface area contributed by atoms with Crippen molar-refractivity contribution in [2.45, 2.75) is 18.7 Å². The summed E-state index contributed by atoms with van der Waals surface area (Å²) in [6.45, 7) is 4.89. The van der Waals surface area contributed by atoms with Crippen molar-refractivity contribution in [2.75, 3.05) is 18.8 Å². The first-order valence-corrected chi connectivity index (χ1v) is 6.76. The zero-order valence-electron chi connectivity index (χ0n) is 9.82. The first-order valence-electron chi connectivity index (χ1n) is 5.71. The predicted molar refractivity (Wildman–Crippen MR) is 68.3 cm³/mol. The van der Waals surface area contributed by atoms with Gasteiger partial charge in [0.2, 0.25) is 0 Å². The molecule has 0 saturated carbocycles. The summed E-state index contributed by atoms with van der Waals surface area (Å²) < 4.78 is 13.2. The van der Waals surface area contributed by atoms with Crippen LogP contribution in [0.5, 0.6) is 0 Å². The SMILES string of the molecule is CC1CN(Cc2cc(F)ccc2C#N)CCS1. The summed E-state index contributed by atoms with van der Waals surface area (Å²) in [6, 6.07) is 6.51. The van der Waals surface area contributed by atoms with E-state index in [1.54, 1.807) is 6.07 Å². The standard InChI is InChI=1S/C13H15FN2S/c1-10-8-16(4-5-17-10)9-12-6-13(14)3-2-11(12)7-15/h2-3,6,10H,4-5,8-9H2,1H3. The van der Waals surface area contributed by atoms with Crippen LogP contribution in [0.2, 0.25) is 0 Å². The molecular weight excluding hydrogens is 235 g/mol. The van der Waals surface area contributed by atoms with Crippen LogP contribution in [-0.4, -0.2) is 29.0 Å². The molecule has 0 radical (unpaired) electrons. The Balaban J connectivity index is 2.12. The van der Waals surface area contributed by atoms with E-state index in [2.05, 4.69) is 17.9 Å². The predicted octanol–water partition coefficient (Wildman–Crippen LogP) is 2.63. The van der Waals surface area contributed by atoms with E-state index in [-0.39, 0.29) is 5.82 Å². The second-order valence-electron chi connectivity index (χ2n) is 4.33. The van der Waals surface area contributed by atoms with Gasteiger partial charge in [-0.15, -0.1) is 0 Å². The fourth-order valence-corrected chi connectivity index (χ4v) is 3.16. The van der Waals surface area contributed by atoms with Crippen molar-refractivity contribution in [3.63, 3.8) is 0 Å². The van der Waals surface area contributed by atoms with Gasteiger partial charge >= 0.3 is 0 Å². The highest BCUT2D eigenvalue weighted by molar-refractivity contribution is 7.99. The van der Waals surface area contributed by atoms with Gasteiger partial charge in [-0.05, 0) is 23.8 Å². The number of nitriles is 1. The van der Waals surface area contributed by atoms with Crippen molar-refractivity contribution < 1.29 is 4.39 Å². The minimum absolute atomic E-state index is 0.265. The van der Waals surface area contributed by atoms with E-state index in [0.29, 0.717) is 17.4 Å². The Bertz CT molecular complexity index is 442. The Morgan fingerprint density at radius 2 is 2.41 bits per heavy atom. The molecule has 1 aromatic rings. The summed E-state index contributed by atoms with van der Waals surface area (Å²) in [5.74, 6) is 0.844. The summed E-state index contributed by atoms with van der Waals surface area (Å²) in [4.78, 5) is 2.29. The van der Waals surface area contributed by atoms with Crippen LogP contribution in [0.1, 0.15) is 18.1 Å². The minimum Gasteiger partial charge on any atom is -0.297 e. The van der Waals surface area contributed by atoms with Crippen molar-refractivity contribution in [1.82, 2.24) is 4.90 Å². The number of rotatable bonds is 2. The third-order valence-corrected chi connectivity index (χ3v) is 4.04. The summed E-state index contributed by atoms with van der Waals surface area (Å²) in [7, 11) is 0. The first kappa shape index (κ1) is 12.4. The lowest BCUT2D eigenvalue weighted by atomic mass is 10.1. The van der Waals surface area contributed by atoms with Gasteiger partial charge in [0.1, 0.15) is 5.82 Å². The molecule has 0 aliphatic carbocycles. The van der Waals surface area contributed by atoms with E-state index < -0.39 is 0 Å². The highest BCUT2D eigenvalue weighted by Crippen LogP contribution is 2.21. The molecule has 90 valence electrons. The van der Waals surface area contributed by atoms with Crippen LogP contribution in [0.25, 0.3) is 0 Å². The lowest BCUT2D eigenvalue weighted by Gasteiger charge is -2.30. The quantitative estimate of drug-likeness (QED) is 0.807. The third kappa shape index (κ3) is 3.21. The molecule has 1 atom stereocenters. The molecular formula is C13H15FN2S. The van der Waals surface area contributed by atoms with Crippen molar-refractivity contribution in [3.05, 3.63) is 35.1 Å². The fraction of sp³-hybridized carbons (Fsp3) is 0.462. The van der Waals surface area contributed by atoms with E-state index in [0.717, 1.165) is 24.4 Å². The topological polar surface area (TPSA) is 27.0 Å². The smallest absolute Gasteiger partial charge is 0.123 e. The Morgan fingerprint density at radius 1 is 1.59 bits per heavy atom. The molecule has 0 spiro atoms. The van der Waals surface area contributed by atoms with Gasteiger partial charge in [0.05, 0.1) is 11.6 Å². The van der Waals surface area contributed by atoms with Crippen LogP contribution in [0, 0.1) is 17.1 Å². The average molecular weight is 250 g/mol. The number of halogens is 1. The molecule has 1 aliphatic rings. The van der Waals surface area contributed by atoms with E-state index in [4.69, 9.17) is 5.26 Å². The Labute approximate surface area is 105 Å². The van der Waals surface area contributed by atoms with Crippen molar-refractivity contribution >= 4 is 11.8 Å². The molecule has 2 rings (SSSR count). The summed E-state index contributed by atoms with van der Waals surface area (Å²) in [5.41, 5.74) is 1.38. The maximum absolute atomic E-state index is 13.2. The number of hydrogen-bond acceptors (Lipinski definition) is 3. The Morgan fingerprint density at radius 3 is 3.12 bits per heavy atom. The van der Waals surface area contributed by atoms with E-state index in [9.17, 15) is 4.39 Å². The fourth-order valence-electron chi connectivity index (χ4n) is 2.08. The normalized spacial score (nSPS) is 21.1. The third-order valence-electron chi connectivity index (χ3n) is 2.91. The summed E-state index contributed by atoms with van der Waals surface area (Å²) >= 11 is 1.96. The van der Waals surface area contributed by atoms with Crippen LogP contribution in [0.15, 0.2) is 18.2 Å². The van der Waals surface area contributed by atoms with Crippen molar-refractivity contribution in [3.8, 4) is 6.07 Å². The largest absolute Gasteiger partial charge is 0.297 e. The lowest BCUT2D eigenvalue weighted by molar-refractivity contribution is 0.278. The molecule has 2 nitrogen and oxygen atoms in total. The molecule has 0 N–H and O–H groups in total. The summed E-state index contributed by atoms with van der Waals surface area (Å²) in [5, 5.41) is 9.61. The zero-order chi connectivity index (χ0) is 12.3. The van der Waals surface area contributed by atoms with Gasteiger partial charge in [0, 0.05) is 30.6 Å². The van der Waals surface area contributed by atoms with Gasteiger partial charge in [-0.1, -0.05) is 6.92 Å². The average Bonchev–Trinajstić information content (AvgIpc) is 2.29. The van der Waals surface area contributed by atoms with E-state index >= 15 is 0 Å². The molecule has 1 heterocycles. The van der Waals surface area contributed by atoms with Crippen LogP contribution >= 0.6 is 11.8 Å². The molecule has 0 aromatic heterocycles. The molecule has 1 fully saturated rings. The molecule has 0 bridgehead atoms. The molecule has 4 heteroatoms. The van der Waals surface area contributed by atoms with Crippen LogP contribution in [0.3, 0.4) is 0 Å². The second-order valence-corrected chi connectivity index (χ2v) is 5.88. The maximum atomic E-state index is 13.2. The van der Waals surface area contributed by atoms with Crippen molar-refractivity contribution in [2.24, 2.45) is 0 Å². The number of hydrogen-bond donors (Lipinski definition) is 0. The van der Waals surface area contributed by atoms with E-state index in [1.807, 2.05) is 11.8 Å². The minimum atomic E-state index is -0.265. The number of thioether (sulfide) groups is 1. The number of benzene rings is 1. The van der Waals surface area contributed by atoms with Gasteiger partial charge in [-0.2, -0.15) is 17.0 Å². The van der Waals surface area contributed by atoms with Crippen LogP contribution < -0.4 is 0 Å². The monoisotopic (exact) mass is 250 g/mol. The van der Waals surface area contributed by atoms with Crippen molar-refractivity contribution in [1.29, 1.82) is 5.26 Å². The first-order chi connectivity index (χ1) is 8.19. The van der Waals surface area contributed by atoms with Crippen LogP contribution in [0.4, 0.5) is 4.39 Å². The molecule has 17 heavy (non-hydrogen) atoms. The van der Waals surface area contributed by atoms with E-state index in [1.165, 1.54) is 12.1 Å². The summed E-state index contributed by atoms with van der Waals surface area (Å²) in [6.07, 6.45) is 0. The molecule has 0 amide bonds. The highest BCUT2D eigenvalue weighted by atomic mass is 32.2. The van der Waals surface area contributed by atoms with Gasteiger partial charge in [-0.3, -0.25) is 4.90 Å². The molecule has 1 aliphatic heterocycles. The highest BCUT2D eigenvalue weighted by Gasteiger charge is 2.17. The maximum Gasteiger partial charge on any atom is 0.123 e. The van der Waals surface area contributed by atoms with Crippen LogP contribution in [-0.2, 0) is 6.54 Å². The molecule has 1 saturated heterocycles. The zero-order valence-corrected chi connectivity index (χ0v) is 10.6. The van der Waals surface area contributed by atoms with Gasteiger partial charge < -0.3 is 0 Å². The second kappa shape index (κ2) is 5.52. The molecule has 1 unspecified atom stereocenters. The van der Waals surface area contributed by atoms with Gasteiger partial charge in [-0.25, -0.2) is 4.39 Å². The van der Waals surface area contributed by atoms with Gasteiger partial charge in [0.25, 0.3) is 0 Å². The lowest BCUT2D eigenvalue weighted by Crippen LogP contribution is -2.36. The van der Waals surface area contributed by atoms with Gasteiger partial charge in [0.15, 0.2) is 0 Å².